The van der Waals surface area contributed by atoms with Crippen LogP contribution in [-0.2, 0) is 6.18 Å². The summed E-state index contributed by atoms with van der Waals surface area (Å²) in [5.41, 5.74) is -1.09. The van der Waals surface area contributed by atoms with Crippen molar-refractivity contribution in [1.29, 1.82) is 0 Å². The fraction of sp³-hybridized carbons (Fsp3) is 0.400. The molecule has 7 heteroatoms. The molecule has 0 bridgehead atoms. The van der Waals surface area contributed by atoms with Gasteiger partial charge in [-0.2, -0.15) is 13.2 Å². The molecule has 1 rings (SSSR count). The van der Waals surface area contributed by atoms with Crippen molar-refractivity contribution < 1.29 is 23.4 Å². The van der Waals surface area contributed by atoms with Crippen molar-refractivity contribution in [3.63, 3.8) is 0 Å². The Morgan fingerprint density at radius 2 is 2.00 bits per heavy atom. The van der Waals surface area contributed by atoms with E-state index in [0.717, 1.165) is 6.07 Å². The van der Waals surface area contributed by atoms with Crippen molar-refractivity contribution in [1.82, 2.24) is 5.32 Å². The number of hydrogen-bond acceptors (Lipinski definition) is 3. The first-order chi connectivity index (χ1) is 7.77. The zero-order chi connectivity index (χ0) is 13.2. The fourth-order valence-electron chi connectivity index (χ4n) is 1.34. The molecule has 0 aliphatic heterocycles. The Morgan fingerprint density at radius 1 is 1.41 bits per heavy atom. The smallest absolute Gasteiger partial charge is 0.420 e. The third kappa shape index (κ3) is 3.34. The van der Waals surface area contributed by atoms with E-state index in [-0.39, 0.29) is 16.6 Å². The Balaban J connectivity index is 3.24. The monoisotopic (exact) mass is 313 g/mol. The number of rotatable bonds is 3. The predicted octanol–water partition coefficient (Wildman–Crippen LogP) is 2.43. The van der Waals surface area contributed by atoms with E-state index in [2.05, 4.69) is 21.2 Å². The van der Waals surface area contributed by atoms with Gasteiger partial charge in [-0.25, -0.2) is 0 Å². The molecule has 0 heterocycles. The Kier molecular flexibility index (Phi) is 4.40. The second-order valence-electron chi connectivity index (χ2n) is 3.47. The first-order valence-corrected chi connectivity index (χ1v) is 5.49. The number of aliphatic hydroxyl groups is 1. The van der Waals surface area contributed by atoms with Gasteiger partial charge >= 0.3 is 6.18 Å². The van der Waals surface area contributed by atoms with Gasteiger partial charge in [0.2, 0.25) is 0 Å². The zero-order valence-corrected chi connectivity index (χ0v) is 10.4. The lowest BCUT2D eigenvalue weighted by molar-refractivity contribution is -0.138. The van der Waals surface area contributed by atoms with Crippen molar-refractivity contribution in [3.05, 3.63) is 27.7 Å². The number of phenolic OH excluding ortho intramolecular Hbond substituents is 1. The second kappa shape index (κ2) is 5.24. The van der Waals surface area contributed by atoms with Gasteiger partial charge in [0.05, 0.1) is 16.1 Å². The SMILES string of the molecule is CNCC(O)c1cc(Br)c(O)c(C(F)(F)F)c1. The maximum absolute atomic E-state index is 12.6. The largest absolute Gasteiger partial charge is 0.506 e. The van der Waals surface area contributed by atoms with Crippen LogP contribution in [0.25, 0.3) is 0 Å². The van der Waals surface area contributed by atoms with Gasteiger partial charge in [0, 0.05) is 6.54 Å². The van der Waals surface area contributed by atoms with Crippen LogP contribution >= 0.6 is 15.9 Å². The topological polar surface area (TPSA) is 52.5 Å². The van der Waals surface area contributed by atoms with E-state index < -0.39 is 23.6 Å². The van der Waals surface area contributed by atoms with E-state index in [4.69, 9.17) is 0 Å². The van der Waals surface area contributed by atoms with Crippen molar-refractivity contribution >= 4 is 15.9 Å². The van der Waals surface area contributed by atoms with Crippen molar-refractivity contribution in [3.8, 4) is 5.75 Å². The van der Waals surface area contributed by atoms with Gasteiger partial charge in [-0.3, -0.25) is 0 Å². The third-order valence-electron chi connectivity index (χ3n) is 2.17. The average molecular weight is 314 g/mol. The van der Waals surface area contributed by atoms with E-state index in [9.17, 15) is 23.4 Å². The normalized spacial score (nSPS) is 13.8. The number of nitrogens with one attached hydrogen (secondary N) is 1. The lowest BCUT2D eigenvalue weighted by atomic mass is 10.0. The highest BCUT2D eigenvalue weighted by Gasteiger charge is 2.35. The van der Waals surface area contributed by atoms with E-state index >= 15 is 0 Å². The molecule has 0 aliphatic rings. The summed E-state index contributed by atoms with van der Waals surface area (Å²) in [5, 5.41) is 21.5. The molecule has 0 amide bonds. The molecule has 0 radical (unpaired) electrons. The maximum Gasteiger partial charge on any atom is 0.420 e. The van der Waals surface area contributed by atoms with E-state index in [0.29, 0.717) is 0 Å². The number of alkyl halides is 3. The van der Waals surface area contributed by atoms with Crippen LogP contribution in [0.5, 0.6) is 5.75 Å². The van der Waals surface area contributed by atoms with Crippen molar-refractivity contribution in [2.24, 2.45) is 0 Å². The highest BCUT2D eigenvalue weighted by Crippen LogP contribution is 2.41. The Morgan fingerprint density at radius 3 is 2.47 bits per heavy atom. The van der Waals surface area contributed by atoms with Crippen molar-refractivity contribution in [2.45, 2.75) is 12.3 Å². The summed E-state index contributed by atoms with van der Waals surface area (Å²) < 4.78 is 37.6. The summed E-state index contributed by atoms with van der Waals surface area (Å²) in [6.07, 6.45) is -5.74. The van der Waals surface area contributed by atoms with Crippen LogP contribution in [-0.4, -0.2) is 23.8 Å². The van der Waals surface area contributed by atoms with E-state index in [1.54, 1.807) is 7.05 Å². The van der Waals surface area contributed by atoms with Gasteiger partial charge in [0.25, 0.3) is 0 Å². The van der Waals surface area contributed by atoms with Crippen LogP contribution in [0, 0.1) is 0 Å². The first-order valence-electron chi connectivity index (χ1n) is 4.69. The molecule has 96 valence electrons. The first kappa shape index (κ1) is 14.3. The predicted molar refractivity (Wildman–Crippen MR) is 59.7 cm³/mol. The van der Waals surface area contributed by atoms with Crippen LogP contribution in [0.15, 0.2) is 16.6 Å². The third-order valence-corrected chi connectivity index (χ3v) is 2.78. The minimum atomic E-state index is -4.66. The number of likely N-dealkylation sites (N-methyl/N-ethyl adjacent to an activating group) is 1. The molecule has 3 N–H and O–H groups in total. The van der Waals surface area contributed by atoms with E-state index in [1.165, 1.54) is 6.07 Å². The van der Waals surface area contributed by atoms with Crippen LogP contribution in [0.2, 0.25) is 0 Å². The molecular formula is C10H11BrF3NO2. The van der Waals surface area contributed by atoms with Gasteiger partial charge in [-0.05, 0) is 40.7 Å². The van der Waals surface area contributed by atoms with Gasteiger partial charge in [-0.1, -0.05) is 0 Å². The number of hydrogen-bond donors (Lipinski definition) is 3. The average Bonchev–Trinajstić information content (AvgIpc) is 2.20. The molecule has 1 aromatic carbocycles. The van der Waals surface area contributed by atoms with Crippen LogP contribution in [0.1, 0.15) is 17.2 Å². The highest BCUT2D eigenvalue weighted by atomic mass is 79.9. The Bertz CT molecular complexity index is 409. The summed E-state index contributed by atoms with van der Waals surface area (Å²) >= 11 is 2.83. The molecule has 0 fully saturated rings. The van der Waals surface area contributed by atoms with Gasteiger partial charge in [0.1, 0.15) is 5.75 Å². The standard InChI is InChI=1S/C10H11BrF3NO2/c1-15-4-8(16)5-2-6(10(12,13)14)9(17)7(11)3-5/h2-3,8,15-17H,4H2,1H3. The molecule has 1 unspecified atom stereocenters. The highest BCUT2D eigenvalue weighted by molar-refractivity contribution is 9.10. The number of aliphatic hydroxyl groups excluding tert-OH is 1. The molecule has 0 saturated heterocycles. The minimum absolute atomic E-state index is 0.0800. The zero-order valence-electron chi connectivity index (χ0n) is 8.85. The molecule has 0 spiro atoms. The molecule has 1 aromatic rings. The molecule has 0 saturated carbocycles. The van der Waals surface area contributed by atoms with Crippen LogP contribution in [0.4, 0.5) is 13.2 Å². The molecule has 1 atom stereocenters. The maximum atomic E-state index is 12.6. The van der Waals surface area contributed by atoms with Gasteiger partial charge < -0.3 is 15.5 Å². The van der Waals surface area contributed by atoms with Crippen LogP contribution < -0.4 is 5.32 Å². The quantitative estimate of drug-likeness (QED) is 0.803. The Labute approximate surface area is 104 Å². The van der Waals surface area contributed by atoms with Gasteiger partial charge in [-0.15, -0.1) is 0 Å². The minimum Gasteiger partial charge on any atom is -0.506 e. The Hall–Kier alpha value is -0.790. The summed E-state index contributed by atoms with van der Waals surface area (Å²) in [6, 6.07) is 1.99. The van der Waals surface area contributed by atoms with Crippen LogP contribution in [0.3, 0.4) is 0 Å². The lowest BCUT2D eigenvalue weighted by Crippen LogP contribution is -2.17. The van der Waals surface area contributed by atoms with Crippen molar-refractivity contribution in [2.75, 3.05) is 13.6 Å². The number of phenols is 1. The van der Waals surface area contributed by atoms with E-state index in [1.807, 2.05) is 0 Å². The number of benzene rings is 1. The summed E-state index contributed by atoms with van der Waals surface area (Å²) in [4.78, 5) is 0. The lowest BCUT2D eigenvalue weighted by Gasteiger charge is -2.16. The molecule has 0 aromatic heterocycles. The summed E-state index contributed by atoms with van der Waals surface area (Å²) in [6.45, 7) is 0.120. The molecule has 3 nitrogen and oxygen atoms in total. The molecular weight excluding hydrogens is 303 g/mol. The second-order valence-corrected chi connectivity index (χ2v) is 4.32. The van der Waals surface area contributed by atoms with Gasteiger partial charge in [0.15, 0.2) is 0 Å². The number of halogens is 4. The summed E-state index contributed by atoms with van der Waals surface area (Å²) in [7, 11) is 1.57. The molecule has 17 heavy (non-hydrogen) atoms. The fourth-order valence-corrected chi connectivity index (χ4v) is 1.82. The molecule has 0 aliphatic carbocycles. The number of aromatic hydroxyl groups is 1. The summed E-state index contributed by atoms with van der Waals surface area (Å²) in [5.74, 6) is -0.877.